The molecule has 3 aliphatic heterocycles. The summed E-state index contributed by atoms with van der Waals surface area (Å²) in [5.41, 5.74) is 12.9. The monoisotopic (exact) mass is 1400 g/mol. The highest BCUT2D eigenvalue weighted by molar-refractivity contribution is 7.22. The molecule has 13 rings (SSSR count). The van der Waals surface area contributed by atoms with Gasteiger partial charge in [-0.2, -0.15) is 5.10 Å². The molecule has 7 heterocycles. The molecule has 6 fully saturated rings. The van der Waals surface area contributed by atoms with Crippen molar-refractivity contribution in [2.45, 2.75) is 189 Å². The van der Waals surface area contributed by atoms with E-state index in [0.29, 0.717) is 42.6 Å². The maximum absolute atomic E-state index is 14.4. The van der Waals surface area contributed by atoms with E-state index in [1.807, 2.05) is 62.5 Å². The van der Waals surface area contributed by atoms with Crippen molar-refractivity contribution in [3.63, 3.8) is 0 Å². The van der Waals surface area contributed by atoms with Crippen LogP contribution >= 0.6 is 11.3 Å². The molecular formula is C75H101N16O9S+. The fraction of sp³-hybridized carbons (Fsp3) is 0.573. The molecule has 101 heavy (non-hydrogen) atoms. The number of imide groups is 1. The molecule has 540 valence electrons. The first kappa shape index (κ1) is 72.3. The van der Waals surface area contributed by atoms with Gasteiger partial charge in [-0.3, -0.25) is 38.3 Å². The lowest BCUT2D eigenvalue weighted by molar-refractivity contribution is -0.930. The van der Waals surface area contributed by atoms with Crippen molar-refractivity contribution in [2.75, 3.05) is 74.6 Å². The Morgan fingerprint density at radius 1 is 0.822 bits per heavy atom. The Morgan fingerprint density at radius 2 is 1.57 bits per heavy atom. The van der Waals surface area contributed by atoms with E-state index < -0.39 is 35.8 Å². The number of amides is 8. The molecule has 4 aliphatic carbocycles. The second-order valence-corrected chi connectivity index (χ2v) is 32.3. The number of hydrogen-bond acceptors (Lipinski definition) is 17. The van der Waals surface area contributed by atoms with Gasteiger partial charge in [0.25, 0.3) is 5.91 Å². The highest BCUT2D eigenvalue weighted by Crippen LogP contribution is 2.72. The van der Waals surface area contributed by atoms with Gasteiger partial charge in [0, 0.05) is 96.5 Å². The third-order valence-electron chi connectivity index (χ3n) is 21.7. The molecule has 4 saturated carbocycles. The number of aromatic nitrogens is 6. The molecule has 4 aromatic heterocycles. The van der Waals surface area contributed by atoms with E-state index >= 15 is 0 Å². The van der Waals surface area contributed by atoms with Crippen molar-refractivity contribution < 1.29 is 47.5 Å². The maximum atomic E-state index is 14.4. The molecule has 25 nitrogen and oxygen atoms in total. The molecule has 6 aromatic rings. The van der Waals surface area contributed by atoms with Crippen molar-refractivity contribution in [3.05, 3.63) is 94.9 Å². The number of primary amides is 1. The van der Waals surface area contributed by atoms with Crippen LogP contribution in [0.3, 0.4) is 0 Å². The second kappa shape index (κ2) is 29.9. The number of carbonyl (C=O) groups excluding carboxylic acids is 7. The standard InChI is InChI=1S/C75H100N16O9S/c1-46(2)62(84-60(92)26-33-99-34-29-89-61(93)36-48(5)69(89)97)67(95)81-57(18-14-27-77-70(76)98)66(94)80-52-22-20-51(21-23-52)38-91(30-12-13-31-91)32-35-100-75-42-72(8)39-73(9,43-75)41-74(40-72,44-75)45-90-50(7)55(37-78-90)54-24-25-59(83-63(54)68(96)79-47(3)4)88-28-15-16-53-49(6)64(86-87-65(53)88)85-71-82-56-17-10-11-19-58(56)101-71/h10-11,17,19-25,37,46-48,57,62H,12-16,18,26-36,38-45H2,1-9H3,(H7-,76,77,79,80,81,82,84,85,86,92,94,95,96,98)/p+1/t48?,57-,62-,72-,73+,74?,75?/m0/s1. The number of nitrogens with two attached hydrogens (primary N) is 1. The zero-order valence-electron chi connectivity index (χ0n) is 60.1. The maximum Gasteiger partial charge on any atom is 0.312 e. The normalized spacial score (nSPS) is 23.3. The van der Waals surface area contributed by atoms with Crippen molar-refractivity contribution >= 4 is 91.3 Å². The van der Waals surface area contributed by atoms with E-state index in [4.69, 9.17) is 40.5 Å². The highest BCUT2D eigenvalue weighted by atomic mass is 32.1. The number of likely N-dealkylation sites (tertiary alicyclic amines) is 2. The van der Waals surface area contributed by atoms with E-state index in [1.165, 1.54) is 11.3 Å². The lowest BCUT2D eigenvalue weighted by atomic mass is 9.39. The van der Waals surface area contributed by atoms with E-state index in [2.05, 4.69) is 87.4 Å². The van der Waals surface area contributed by atoms with Crippen molar-refractivity contribution in [2.24, 2.45) is 33.8 Å². The van der Waals surface area contributed by atoms with Crippen LogP contribution in [0, 0.1) is 41.9 Å². The van der Waals surface area contributed by atoms with E-state index in [1.54, 1.807) is 32.1 Å². The van der Waals surface area contributed by atoms with Crippen LogP contribution in [0.1, 0.15) is 165 Å². The third kappa shape index (κ3) is 16.4. The summed E-state index contributed by atoms with van der Waals surface area (Å²) in [6.07, 6.45) is 12.9. The predicted molar refractivity (Wildman–Crippen MR) is 387 cm³/mol. The first-order valence-electron chi connectivity index (χ1n) is 36.3. The summed E-state index contributed by atoms with van der Waals surface area (Å²) >= 11 is 1.58. The summed E-state index contributed by atoms with van der Waals surface area (Å²) in [7, 11) is 0. The van der Waals surface area contributed by atoms with Gasteiger partial charge in [-0.15, -0.1) is 10.2 Å². The lowest BCUT2D eigenvalue weighted by Gasteiger charge is -2.69. The highest BCUT2D eigenvalue weighted by Gasteiger charge is 2.66. The molecule has 2 aromatic carbocycles. The van der Waals surface area contributed by atoms with Crippen LogP contribution in [-0.2, 0) is 53.0 Å². The fourth-order valence-electron chi connectivity index (χ4n) is 18.2. The molecule has 4 bridgehead atoms. The smallest absolute Gasteiger partial charge is 0.312 e. The zero-order valence-corrected chi connectivity index (χ0v) is 60.9. The first-order valence-corrected chi connectivity index (χ1v) is 37.1. The number of rotatable bonds is 30. The number of carbonyl (C=O) groups is 7. The van der Waals surface area contributed by atoms with Crippen LogP contribution < -0.4 is 42.5 Å². The molecule has 7 aliphatic rings. The average molecular weight is 1400 g/mol. The average Bonchev–Trinajstić information content (AvgIpc) is 0.975. The Hall–Kier alpha value is -8.46. The summed E-state index contributed by atoms with van der Waals surface area (Å²) in [6, 6.07) is 17.2. The largest absolute Gasteiger partial charge is 0.379 e. The Morgan fingerprint density at radius 3 is 2.28 bits per heavy atom. The van der Waals surface area contributed by atoms with E-state index in [0.717, 1.165) is 150 Å². The number of fused-ring (bicyclic) bond motifs is 2. The number of ether oxygens (including phenoxy) is 2. The van der Waals surface area contributed by atoms with Crippen LogP contribution in [-0.4, -0.2) is 164 Å². The van der Waals surface area contributed by atoms with Gasteiger partial charge < -0.3 is 56.5 Å². The number of nitrogens with one attached hydrogen (secondary N) is 6. The van der Waals surface area contributed by atoms with Gasteiger partial charge in [0.05, 0.1) is 61.5 Å². The number of thiazole rings is 1. The van der Waals surface area contributed by atoms with Crippen LogP contribution in [0.15, 0.2) is 66.9 Å². The Bertz CT molecular complexity index is 4040. The number of para-hydroxylation sites is 1. The number of pyridine rings is 1. The number of anilines is 5. The van der Waals surface area contributed by atoms with Crippen molar-refractivity contribution in [3.8, 4) is 11.1 Å². The molecule has 8 N–H and O–H groups in total. The summed E-state index contributed by atoms with van der Waals surface area (Å²) < 4.78 is 17.2. The summed E-state index contributed by atoms with van der Waals surface area (Å²) in [5.74, 6) is -0.800. The number of hydrogen-bond donors (Lipinski definition) is 7. The van der Waals surface area contributed by atoms with Crippen LogP contribution in [0.4, 0.5) is 33.1 Å². The number of urea groups is 1. The SMILES string of the molecule is Cc1c(Nc2nc3ccccc3s2)nnc2c1CCCN2c1ccc(-c2cnn(CC34CC5(OCC[N+]6(Cc7ccc(NC(=O)[C@H](CCCNC(N)=O)NC(=O)[C@@H](NC(=O)CCOCCN8C(=O)CC(C)C8=O)C(C)C)cc7)CCCC6)C[C@](C)(C3)C[C@](C)(C4)C5)c2C)c(C(=O)NC(C)C)n1. The Kier molecular flexibility index (Phi) is 21.4. The van der Waals surface area contributed by atoms with E-state index in [-0.39, 0.29) is 103 Å². The molecular weight excluding hydrogens is 1300 g/mol. The van der Waals surface area contributed by atoms with Gasteiger partial charge in [-0.05, 0) is 150 Å². The van der Waals surface area contributed by atoms with E-state index in [9.17, 15) is 33.6 Å². The quantitative estimate of drug-likeness (QED) is 0.0125. The van der Waals surface area contributed by atoms with Crippen LogP contribution in [0.2, 0.25) is 0 Å². The lowest BCUT2D eigenvalue weighted by Crippen LogP contribution is -2.64. The van der Waals surface area contributed by atoms with Gasteiger partial charge >= 0.3 is 6.03 Å². The third-order valence-corrected chi connectivity index (χ3v) is 22.7. The Balaban J connectivity index is 0.682. The van der Waals surface area contributed by atoms with Crippen LogP contribution in [0.25, 0.3) is 21.3 Å². The van der Waals surface area contributed by atoms with Crippen molar-refractivity contribution in [1.29, 1.82) is 0 Å². The van der Waals surface area contributed by atoms with Gasteiger partial charge in [-0.25, -0.2) is 14.8 Å². The van der Waals surface area contributed by atoms with Gasteiger partial charge in [0.2, 0.25) is 29.5 Å². The van der Waals surface area contributed by atoms with Crippen LogP contribution in [0.5, 0.6) is 0 Å². The molecule has 8 amide bonds. The molecule has 7 atom stereocenters. The molecule has 0 radical (unpaired) electrons. The molecule has 26 heteroatoms. The minimum absolute atomic E-state index is 0.0122. The van der Waals surface area contributed by atoms with Gasteiger partial charge in [0.15, 0.2) is 16.8 Å². The molecule has 3 unspecified atom stereocenters. The zero-order chi connectivity index (χ0) is 71.6. The number of quaternary nitrogens is 1. The molecule has 2 saturated heterocycles. The first-order chi connectivity index (χ1) is 48.2. The minimum atomic E-state index is -1.01. The number of benzene rings is 2. The predicted octanol–water partition coefficient (Wildman–Crippen LogP) is 9.69. The summed E-state index contributed by atoms with van der Waals surface area (Å²) in [4.78, 5) is 105. The Labute approximate surface area is 595 Å². The van der Waals surface area contributed by atoms with Crippen molar-refractivity contribution in [1.82, 2.24) is 56.1 Å². The minimum Gasteiger partial charge on any atom is -0.379 e. The molecule has 0 spiro atoms. The van der Waals surface area contributed by atoms with Gasteiger partial charge in [-0.1, -0.05) is 70.2 Å². The summed E-state index contributed by atoms with van der Waals surface area (Å²) in [6.45, 7) is 24.6. The second-order valence-electron chi connectivity index (χ2n) is 31.2. The van der Waals surface area contributed by atoms with Gasteiger partial charge in [0.1, 0.15) is 36.7 Å². The fourth-order valence-corrected chi connectivity index (χ4v) is 19.0. The summed E-state index contributed by atoms with van der Waals surface area (Å²) in [5, 5.41) is 33.2. The topological polar surface area (TPSA) is 312 Å². The number of nitrogens with zero attached hydrogens (tertiary/aromatic N) is 9.